The highest BCUT2D eigenvalue weighted by atomic mass is 19.1. The lowest BCUT2D eigenvalue weighted by atomic mass is 9.83. The molecule has 1 saturated carbocycles. The van der Waals surface area contributed by atoms with Crippen molar-refractivity contribution in [2.45, 2.75) is 116 Å². The lowest BCUT2D eigenvalue weighted by Crippen LogP contribution is -2.34. The van der Waals surface area contributed by atoms with Gasteiger partial charge in [0.2, 0.25) is 0 Å². The van der Waals surface area contributed by atoms with Crippen LogP contribution in [0.4, 0.5) is 4.39 Å². The number of aliphatic carboxylic acids is 1. The van der Waals surface area contributed by atoms with Crippen LogP contribution in [0.2, 0.25) is 0 Å². The van der Waals surface area contributed by atoms with Crippen molar-refractivity contribution >= 4 is 11.8 Å². The molecule has 2 rings (SSSR count). The fourth-order valence-corrected chi connectivity index (χ4v) is 5.07. The van der Waals surface area contributed by atoms with E-state index in [1.165, 1.54) is 0 Å². The molecule has 5 nitrogen and oxygen atoms in total. The van der Waals surface area contributed by atoms with Crippen molar-refractivity contribution < 1.29 is 28.6 Å². The van der Waals surface area contributed by atoms with Gasteiger partial charge in [0.1, 0.15) is 12.0 Å². The predicted octanol–water partition coefficient (Wildman–Crippen LogP) is 6.25. The molecule has 6 heteroatoms. The van der Waals surface area contributed by atoms with Gasteiger partial charge in [0.25, 0.3) is 0 Å². The number of halogens is 1. The Bertz CT molecular complexity index is 587. The van der Waals surface area contributed by atoms with E-state index in [9.17, 15) is 9.59 Å². The third kappa shape index (κ3) is 9.30. The standard InChI is InChI=1S/C26H43FO5/c1-3-4-12-22(27)24(32-26-14-9-10-17-31-26)16-15-20-19(2)18-23(28)21(20)11-7-5-6-8-13-25(29)30/h5,7,19-22,24,26H,3-4,6,8-18H2,1-2H3,(H,29,30)/b7-5-/t19-,20+,21-,22-,24-,26?/m1/s1. The summed E-state index contributed by atoms with van der Waals surface area (Å²) in [5, 5.41) is 8.72. The Labute approximate surface area is 193 Å². The molecule has 2 fully saturated rings. The number of Topliss-reactive ketones (excluding diaryl/α,β-unsaturated/α-hetero) is 1. The van der Waals surface area contributed by atoms with Crippen molar-refractivity contribution in [2.24, 2.45) is 17.8 Å². The van der Waals surface area contributed by atoms with Crippen LogP contribution in [0.1, 0.15) is 97.3 Å². The maximum absolute atomic E-state index is 15.0. The first-order chi connectivity index (χ1) is 15.4. The van der Waals surface area contributed by atoms with Crippen LogP contribution in [0, 0.1) is 17.8 Å². The Hall–Kier alpha value is -1.27. The molecule has 0 radical (unpaired) electrons. The summed E-state index contributed by atoms with van der Waals surface area (Å²) in [6, 6.07) is 0. The number of carboxylic acid groups (broad SMARTS) is 1. The molecule has 0 aromatic heterocycles. The van der Waals surface area contributed by atoms with Crippen molar-refractivity contribution in [1.29, 1.82) is 0 Å². The average molecular weight is 455 g/mol. The number of carbonyl (C=O) groups is 2. The molecular formula is C26H43FO5. The second-order valence-electron chi connectivity index (χ2n) is 9.62. The maximum Gasteiger partial charge on any atom is 0.303 e. The number of carboxylic acids is 1. The molecule has 0 spiro atoms. The predicted molar refractivity (Wildman–Crippen MR) is 123 cm³/mol. The van der Waals surface area contributed by atoms with E-state index >= 15 is 4.39 Å². The van der Waals surface area contributed by atoms with Crippen molar-refractivity contribution in [1.82, 2.24) is 0 Å². The average Bonchev–Trinajstić information content (AvgIpc) is 3.04. The number of hydrogen-bond acceptors (Lipinski definition) is 4. The quantitative estimate of drug-likeness (QED) is 0.234. The van der Waals surface area contributed by atoms with E-state index in [0.29, 0.717) is 56.8 Å². The van der Waals surface area contributed by atoms with Crippen molar-refractivity contribution in [3.05, 3.63) is 12.2 Å². The van der Waals surface area contributed by atoms with E-state index in [4.69, 9.17) is 14.6 Å². The van der Waals surface area contributed by atoms with Crippen LogP contribution >= 0.6 is 0 Å². The summed E-state index contributed by atoms with van der Waals surface area (Å²) in [6.45, 7) is 4.88. The van der Waals surface area contributed by atoms with Crippen LogP contribution in [0.3, 0.4) is 0 Å². The number of rotatable bonds is 15. The molecule has 1 aliphatic heterocycles. The molecule has 0 aromatic carbocycles. The summed E-state index contributed by atoms with van der Waals surface area (Å²) in [7, 11) is 0. The number of ketones is 1. The van der Waals surface area contributed by atoms with Gasteiger partial charge in [-0.25, -0.2) is 4.39 Å². The molecule has 0 amide bonds. The van der Waals surface area contributed by atoms with Crippen molar-refractivity contribution in [3.8, 4) is 0 Å². The first kappa shape index (κ1) is 27.0. The first-order valence-electron chi connectivity index (χ1n) is 12.7. The van der Waals surface area contributed by atoms with Gasteiger partial charge in [-0.2, -0.15) is 0 Å². The molecule has 1 aliphatic carbocycles. The van der Waals surface area contributed by atoms with Crippen LogP contribution in [-0.2, 0) is 19.1 Å². The zero-order valence-electron chi connectivity index (χ0n) is 20.0. The van der Waals surface area contributed by atoms with E-state index < -0.39 is 18.2 Å². The van der Waals surface area contributed by atoms with Gasteiger partial charge in [0.05, 0.1) is 6.10 Å². The molecule has 1 unspecified atom stereocenters. The topological polar surface area (TPSA) is 72.8 Å². The summed E-state index contributed by atoms with van der Waals surface area (Å²) in [6.07, 6.45) is 11.6. The highest BCUT2D eigenvalue weighted by molar-refractivity contribution is 5.84. The summed E-state index contributed by atoms with van der Waals surface area (Å²) >= 11 is 0. The zero-order chi connectivity index (χ0) is 23.3. The molecule has 0 aromatic rings. The Morgan fingerprint density at radius 1 is 1.28 bits per heavy atom. The van der Waals surface area contributed by atoms with E-state index in [-0.39, 0.29) is 24.5 Å². The minimum absolute atomic E-state index is 0.0268. The van der Waals surface area contributed by atoms with Gasteiger partial charge in [0, 0.05) is 25.4 Å². The van der Waals surface area contributed by atoms with E-state index in [0.717, 1.165) is 38.5 Å². The monoisotopic (exact) mass is 454 g/mol. The van der Waals surface area contributed by atoms with Crippen LogP contribution in [0.5, 0.6) is 0 Å². The smallest absolute Gasteiger partial charge is 0.303 e. The fraction of sp³-hybridized carbons (Fsp3) is 0.846. The molecular weight excluding hydrogens is 411 g/mol. The number of allylic oxidation sites excluding steroid dienone is 2. The fourth-order valence-electron chi connectivity index (χ4n) is 5.07. The summed E-state index contributed by atoms with van der Waals surface area (Å²) in [4.78, 5) is 23.2. The van der Waals surface area contributed by atoms with Gasteiger partial charge in [0.15, 0.2) is 6.29 Å². The molecule has 184 valence electrons. The number of carbonyl (C=O) groups excluding carboxylic acids is 1. The summed E-state index contributed by atoms with van der Waals surface area (Å²) in [5.41, 5.74) is 0. The van der Waals surface area contributed by atoms with Crippen molar-refractivity contribution in [2.75, 3.05) is 6.61 Å². The lowest BCUT2D eigenvalue weighted by molar-refractivity contribution is -0.202. The normalized spacial score (nSPS) is 28.3. The third-order valence-corrected chi connectivity index (χ3v) is 6.99. The minimum Gasteiger partial charge on any atom is -0.481 e. The maximum atomic E-state index is 15.0. The molecule has 32 heavy (non-hydrogen) atoms. The number of ether oxygens (including phenoxy) is 2. The largest absolute Gasteiger partial charge is 0.481 e. The second kappa shape index (κ2) is 14.8. The van der Waals surface area contributed by atoms with Crippen LogP contribution in [-0.4, -0.2) is 42.0 Å². The van der Waals surface area contributed by atoms with E-state index in [1.54, 1.807) is 0 Å². The van der Waals surface area contributed by atoms with Crippen LogP contribution in [0.15, 0.2) is 12.2 Å². The molecule has 1 heterocycles. The van der Waals surface area contributed by atoms with Gasteiger partial charge >= 0.3 is 5.97 Å². The number of unbranched alkanes of at least 4 members (excludes halogenated alkanes) is 2. The van der Waals surface area contributed by atoms with Crippen LogP contribution in [0.25, 0.3) is 0 Å². The van der Waals surface area contributed by atoms with Gasteiger partial charge in [-0.05, 0) is 69.6 Å². The molecule has 6 atom stereocenters. The second-order valence-corrected chi connectivity index (χ2v) is 9.62. The van der Waals surface area contributed by atoms with Gasteiger partial charge < -0.3 is 14.6 Å². The Morgan fingerprint density at radius 2 is 2.09 bits per heavy atom. The highest BCUT2D eigenvalue weighted by Crippen LogP contribution is 2.40. The lowest BCUT2D eigenvalue weighted by Gasteiger charge is -2.31. The highest BCUT2D eigenvalue weighted by Gasteiger charge is 2.39. The van der Waals surface area contributed by atoms with E-state index in [1.807, 2.05) is 12.2 Å². The van der Waals surface area contributed by atoms with Gasteiger partial charge in [-0.1, -0.05) is 38.8 Å². The Morgan fingerprint density at radius 3 is 2.78 bits per heavy atom. The third-order valence-electron chi connectivity index (χ3n) is 6.99. The minimum atomic E-state index is -1.000. The Kier molecular flexibility index (Phi) is 12.5. The van der Waals surface area contributed by atoms with Gasteiger partial charge in [-0.3, -0.25) is 9.59 Å². The summed E-state index contributed by atoms with van der Waals surface area (Å²) < 4.78 is 26.8. The van der Waals surface area contributed by atoms with E-state index in [2.05, 4.69) is 13.8 Å². The molecule has 1 N–H and O–H groups in total. The zero-order valence-corrected chi connectivity index (χ0v) is 20.0. The van der Waals surface area contributed by atoms with Crippen LogP contribution < -0.4 is 0 Å². The summed E-state index contributed by atoms with van der Waals surface area (Å²) in [5.74, 6) is 0.0319. The van der Waals surface area contributed by atoms with Crippen molar-refractivity contribution in [3.63, 3.8) is 0 Å². The number of hydrogen-bond donors (Lipinski definition) is 1. The SMILES string of the molecule is CCCC[C@@H](F)[C@@H](CC[C@H]1[C@H](C)CC(=O)[C@@H]1C/C=C\CCCC(=O)O)OC1CCCCO1. The molecule has 0 bridgehead atoms. The molecule has 2 aliphatic rings. The van der Waals surface area contributed by atoms with Gasteiger partial charge in [-0.15, -0.1) is 0 Å². The Balaban J connectivity index is 1.90. The first-order valence-corrected chi connectivity index (χ1v) is 12.7. The number of alkyl halides is 1. The molecule has 1 saturated heterocycles.